The van der Waals surface area contributed by atoms with Gasteiger partial charge in [0, 0.05) is 52.2 Å². The van der Waals surface area contributed by atoms with Crippen molar-refractivity contribution in [3.05, 3.63) is 77.3 Å². The number of hydrogen-bond acceptors (Lipinski definition) is 5. The lowest BCUT2D eigenvalue weighted by atomic mass is 10.0. The number of fused-ring (bicyclic) bond motifs is 1. The van der Waals surface area contributed by atoms with Crippen molar-refractivity contribution in [2.75, 3.05) is 49.3 Å². The zero-order chi connectivity index (χ0) is 26.4. The van der Waals surface area contributed by atoms with E-state index in [0.717, 1.165) is 11.3 Å². The number of halogens is 3. The van der Waals surface area contributed by atoms with Crippen LogP contribution in [0.2, 0.25) is 5.02 Å². The summed E-state index contributed by atoms with van der Waals surface area (Å²) in [5.74, 6) is 1.89. The first-order chi connectivity index (χ1) is 18.0. The molecule has 0 atom stereocenters. The molecule has 0 spiro atoms. The minimum atomic E-state index is -0.275. The Bertz CT molecular complexity index is 1390. The van der Waals surface area contributed by atoms with Gasteiger partial charge in [0.05, 0.1) is 31.0 Å². The third-order valence-electron chi connectivity index (χ3n) is 5.89. The Balaban J connectivity index is 1.69. The SMILES string of the molecule is COc1ccc(-c2cc(C(=O)Nc3ccc(N(CCCl)CCCl)cc3)c3cc(Cl)ccc3n2)cc1OC. The molecule has 0 saturated carbocycles. The molecule has 9 heteroatoms. The van der Waals surface area contributed by atoms with Crippen molar-refractivity contribution in [1.82, 2.24) is 4.98 Å². The maximum Gasteiger partial charge on any atom is 0.256 e. The maximum atomic E-state index is 13.5. The number of aromatic nitrogens is 1. The van der Waals surface area contributed by atoms with Gasteiger partial charge in [-0.1, -0.05) is 11.6 Å². The minimum Gasteiger partial charge on any atom is -0.493 e. The van der Waals surface area contributed by atoms with Crippen LogP contribution in [-0.4, -0.2) is 50.0 Å². The molecule has 0 radical (unpaired) electrons. The number of methoxy groups -OCH3 is 2. The highest BCUT2D eigenvalue weighted by Crippen LogP contribution is 2.34. The smallest absolute Gasteiger partial charge is 0.256 e. The number of alkyl halides is 2. The number of amides is 1. The van der Waals surface area contributed by atoms with Crippen molar-refractivity contribution in [3.63, 3.8) is 0 Å². The quantitative estimate of drug-likeness (QED) is 0.210. The molecule has 0 aliphatic rings. The summed E-state index contributed by atoms with van der Waals surface area (Å²) >= 11 is 18.1. The molecule has 1 N–H and O–H groups in total. The Kier molecular flexibility index (Phi) is 8.98. The van der Waals surface area contributed by atoms with Crippen LogP contribution in [0.25, 0.3) is 22.2 Å². The predicted molar refractivity (Wildman–Crippen MR) is 153 cm³/mol. The molecule has 0 aliphatic carbocycles. The summed E-state index contributed by atoms with van der Waals surface area (Å²) in [7, 11) is 3.16. The first-order valence-electron chi connectivity index (χ1n) is 11.6. The Hall–Kier alpha value is -3.19. The number of benzene rings is 3. The first kappa shape index (κ1) is 26.9. The molecular formula is C28H26Cl3N3O3. The lowest BCUT2D eigenvalue weighted by Crippen LogP contribution is -2.27. The van der Waals surface area contributed by atoms with E-state index in [4.69, 9.17) is 49.3 Å². The van der Waals surface area contributed by atoms with Gasteiger partial charge in [-0.05, 0) is 66.7 Å². The lowest BCUT2D eigenvalue weighted by Gasteiger charge is -2.23. The van der Waals surface area contributed by atoms with Crippen LogP contribution < -0.4 is 19.7 Å². The van der Waals surface area contributed by atoms with Gasteiger partial charge in [0.25, 0.3) is 5.91 Å². The number of carbonyl (C=O) groups is 1. The Morgan fingerprint density at radius 1 is 0.892 bits per heavy atom. The maximum absolute atomic E-state index is 13.5. The Morgan fingerprint density at radius 2 is 1.59 bits per heavy atom. The van der Waals surface area contributed by atoms with Crippen LogP contribution in [0.5, 0.6) is 11.5 Å². The van der Waals surface area contributed by atoms with Gasteiger partial charge < -0.3 is 19.7 Å². The van der Waals surface area contributed by atoms with Crippen LogP contribution in [-0.2, 0) is 0 Å². The predicted octanol–water partition coefficient (Wildman–Crippen LogP) is 7.11. The molecule has 37 heavy (non-hydrogen) atoms. The highest BCUT2D eigenvalue weighted by atomic mass is 35.5. The van der Waals surface area contributed by atoms with E-state index < -0.39 is 0 Å². The number of pyridine rings is 1. The molecule has 4 aromatic rings. The normalized spacial score (nSPS) is 10.8. The van der Waals surface area contributed by atoms with Gasteiger partial charge in [-0.3, -0.25) is 4.79 Å². The summed E-state index contributed by atoms with van der Waals surface area (Å²) in [6.07, 6.45) is 0. The lowest BCUT2D eigenvalue weighted by molar-refractivity contribution is 0.102. The second kappa shape index (κ2) is 12.4. The van der Waals surface area contributed by atoms with Gasteiger partial charge in [-0.25, -0.2) is 4.98 Å². The first-order valence-corrected chi connectivity index (χ1v) is 13.0. The molecule has 1 aromatic heterocycles. The Labute approximate surface area is 231 Å². The molecule has 192 valence electrons. The number of nitrogens with zero attached hydrogens (tertiary/aromatic N) is 2. The van der Waals surface area contributed by atoms with Crippen molar-refractivity contribution in [2.45, 2.75) is 0 Å². The van der Waals surface area contributed by atoms with E-state index in [1.807, 2.05) is 36.4 Å². The number of hydrogen-bond donors (Lipinski definition) is 1. The van der Waals surface area contributed by atoms with E-state index in [1.165, 1.54) is 0 Å². The Morgan fingerprint density at radius 3 is 2.24 bits per heavy atom. The van der Waals surface area contributed by atoms with Crippen LogP contribution in [0.15, 0.2) is 66.7 Å². The number of ether oxygens (including phenoxy) is 2. The van der Waals surface area contributed by atoms with E-state index in [0.29, 0.717) is 69.2 Å². The van der Waals surface area contributed by atoms with Crippen LogP contribution in [0, 0.1) is 0 Å². The molecule has 1 amide bonds. The molecule has 1 heterocycles. The standard InChI is InChI=1S/C28H26Cl3N3O3/c1-36-26-10-3-18(15-27(26)37-2)25-17-23(22-16-19(31)4-9-24(22)33-25)28(35)32-20-5-7-21(8-6-20)34(13-11-29)14-12-30/h3-10,15-17H,11-14H2,1-2H3,(H,32,35). The van der Waals surface area contributed by atoms with Crippen molar-refractivity contribution < 1.29 is 14.3 Å². The second-order valence-electron chi connectivity index (χ2n) is 8.15. The van der Waals surface area contributed by atoms with E-state index in [9.17, 15) is 4.79 Å². The van der Waals surface area contributed by atoms with Crippen LogP contribution in [0.1, 0.15) is 10.4 Å². The molecular weight excluding hydrogens is 533 g/mol. The molecule has 3 aromatic carbocycles. The zero-order valence-electron chi connectivity index (χ0n) is 20.4. The molecule has 0 unspecified atom stereocenters. The largest absolute Gasteiger partial charge is 0.493 e. The van der Waals surface area contributed by atoms with Crippen LogP contribution in [0.4, 0.5) is 11.4 Å². The van der Waals surface area contributed by atoms with Crippen molar-refractivity contribution in [1.29, 1.82) is 0 Å². The fourth-order valence-corrected chi connectivity index (χ4v) is 4.64. The summed E-state index contributed by atoms with van der Waals surface area (Å²) in [5, 5.41) is 4.17. The monoisotopic (exact) mass is 557 g/mol. The highest BCUT2D eigenvalue weighted by molar-refractivity contribution is 6.31. The van der Waals surface area contributed by atoms with Gasteiger partial charge in [0.1, 0.15) is 0 Å². The zero-order valence-corrected chi connectivity index (χ0v) is 22.7. The van der Waals surface area contributed by atoms with Crippen LogP contribution in [0.3, 0.4) is 0 Å². The summed E-state index contributed by atoms with van der Waals surface area (Å²) in [4.78, 5) is 20.4. The summed E-state index contributed by atoms with van der Waals surface area (Å²) in [5.41, 5.74) is 4.14. The fraction of sp³-hybridized carbons (Fsp3) is 0.214. The molecule has 0 aliphatic heterocycles. The van der Waals surface area contributed by atoms with Crippen molar-refractivity contribution >= 4 is 63.0 Å². The third-order valence-corrected chi connectivity index (χ3v) is 6.47. The fourth-order valence-electron chi connectivity index (χ4n) is 4.06. The molecule has 0 fully saturated rings. The second-order valence-corrected chi connectivity index (χ2v) is 9.34. The van der Waals surface area contributed by atoms with E-state index in [-0.39, 0.29) is 5.91 Å². The number of rotatable bonds is 10. The number of nitrogens with one attached hydrogen (secondary N) is 1. The molecule has 0 saturated heterocycles. The number of carbonyl (C=O) groups excluding carboxylic acids is 1. The van der Waals surface area contributed by atoms with E-state index in [2.05, 4.69) is 10.2 Å². The van der Waals surface area contributed by atoms with E-state index >= 15 is 0 Å². The minimum absolute atomic E-state index is 0.275. The van der Waals surface area contributed by atoms with E-state index in [1.54, 1.807) is 44.6 Å². The molecule has 6 nitrogen and oxygen atoms in total. The average Bonchev–Trinajstić information content (AvgIpc) is 2.92. The van der Waals surface area contributed by atoms with Gasteiger partial charge >= 0.3 is 0 Å². The van der Waals surface area contributed by atoms with Gasteiger partial charge in [0.15, 0.2) is 11.5 Å². The summed E-state index contributed by atoms with van der Waals surface area (Å²) in [6, 6.07) is 20.2. The molecule has 0 bridgehead atoms. The van der Waals surface area contributed by atoms with Gasteiger partial charge in [-0.2, -0.15) is 0 Å². The average molecular weight is 559 g/mol. The number of anilines is 2. The molecule has 4 rings (SSSR count). The van der Waals surface area contributed by atoms with Gasteiger partial charge in [0.2, 0.25) is 0 Å². The summed E-state index contributed by atoms with van der Waals surface area (Å²) < 4.78 is 10.8. The van der Waals surface area contributed by atoms with Crippen LogP contribution >= 0.6 is 34.8 Å². The van der Waals surface area contributed by atoms with Crippen molar-refractivity contribution in [3.8, 4) is 22.8 Å². The van der Waals surface area contributed by atoms with Crippen molar-refractivity contribution in [2.24, 2.45) is 0 Å². The highest BCUT2D eigenvalue weighted by Gasteiger charge is 2.16. The third kappa shape index (κ3) is 6.21. The van der Waals surface area contributed by atoms with Gasteiger partial charge in [-0.15, -0.1) is 23.2 Å². The summed E-state index contributed by atoms with van der Waals surface area (Å²) in [6.45, 7) is 1.37. The topological polar surface area (TPSA) is 63.7 Å².